The lowest BCUT2D eigenvalue weighted by atomic mass is 10.0. The first-order valence-corrected chi connectivity index (χ1v) is 6.35. The highest BCUT2D eigenvalue weighted by Gasteiger charge is 2.49. The molecule has 18 heavy (non-hydrogen) atoms. The third-order valence-electron chi connectivity index (χ3n) is 2.36. The summed E-state index contributed by atoms with van der Waals surface area (Å²) in [5, 5.41) is 4.01. The Balaban J connectivity index is 2.34. The van der Waals surface area contributed by atoms with Gasteiger partial charge in [-0.2, -0.15) is 26.7 Å². The van der Waals surface area contributed by atoms with Crippen LogP contribution in [0.4, 0.5) is 13.2 Å². The number of hydrogen-bond donors (Lipinski definition) is 0. The molecular weight excluding hydrogens is 273 g/mol. The molecule has 1 aliphatic carbocycles. The highest BCUT2D eigenvalue weighted by molar-refractivity contribution is 7.87. The molecule has 0 spiro atoms. The van der Waals surface area contributed by atoms with E-state index >= 15 is 0 Å². The molecule has 1 aromatic heterocycles. The van der Waals surface area contributed by atoms with Gasteiger partial charge in [-0.3, -0.25) is 4.68 Å². The predicted molar refractivity (Wildman–Crippen MR) is 55.6 cm³/mol. The van der Waals surface area contributed by atoms with Crippen molar-refractivity contribution in [1.29, 1.82) is 0 Å². The number of rotatable bonds is 2. The summed E-state index contributed by atoms with van der Waals surface area (Å²) in [6.07, 6.45) is 3.65. The Morgan fingerprint density at radius 2 is 2.11 bits per heavy atom. The summed E-state index contributed by atoms with van der Waals surface area (Å²) in [6.45, 7) is 0. The van der Waals surface area contributed by atoms with E-state index in [1.165, 1.54) is 17.0 Å². The van der Waals surface area contributed by atoms with Crippen molar-refractivity contribution in [3.63, 3.8) is 0 Å². The van der Waals surface area contributed by atoms with E-state index < -0.39 is 15.6 Å². The lowest BCUT2D eigenvalue weighted by molar-refractivity contribution is -0.0509. The Bertz CT molecular complexity index is 601. The minimum Gasteiger partial charge on any atom is -0.376 e. The number of fused-ring (bicyclic) bond motifs is 1. The average molecular weight is 282 g/mol. The summed E-state index contributed by atoms with van der Waals surface area (Å²) in [6, 6.07) is 0. The first-order chi connectivity index (χ1) is 8.21. The van der Waals surface area contributed by atoms with Crippen molar-refractivity contribution in [2.24, 2.45) is 7.05 Å². The quantitative estimate of drug-likeness (QED) is 0.610. The molecule has 2 rings (SSSR count). The number of aryl methyl sites for hydroxylation is 2. The predicted octanol–water partition coefficient (Wildman–Crippen LogP) is 1.57. The van der Waals surface area contributed by atoms with Gasteiger partial charge in [-0.05, 0) is 18.9 Å². The normalized spacial score (nSPS) is 16.1. The van der Waals surface area contributed by atoms with Crippen molar-refractivity contribution in [2.45, 2.75) is 18.3 Å². The number of hydrogen-bond acceptors (Lipinski definition) is 4. The third kappa shape index (κ3) is 2.22. The van der Waals surface area contributed by atoms with Gasteiger partial charge < -0.3 is 4.18 Å². The average Bonchev–Trinajstić information content (AvgIpc) is 2.57. The minimum atomic E-state index is -5.64. The van der Waals surface area contributed by atoms with Crippen molar-refractivity contribution in [2.75, 3.05) is 0 Å². The maximum absolute atomic E-state index is 12.2. The highest BCUT2D eigenvalue weighted by Crippen LogP contribution is 2.33. The SMILES string of the molecule is Cn1cc2c(n1)CCC=C2OS(=O)(=O)C(F)(F)F. The van der Waals surface area contributed by atoms with Crippen LogP contribution in [0.1, 0.15) is 17.7 Å². The lowest BCUT2D eigenvalue weighted by Crippen LogP contribution is -2.25. The largest absolute Gasteiger partial charge is 0.534 e. The van der Waals surface area contributed by atoms with E-state index in [4.69, 9.17) is 0 Å². The van der Waals surface area contributed by atoms with Crippen LogP contribution in [0.3, 0.4) is 0 Å². The van der Waals surface area contributed by atoms with Gasteiger partial charge in [0.25, 0.3) is 0 Å². The molecule has 0 atom stereocenters. The molecule has 100 valence electrons. The molecule has 0 aliphatic heterocycles. The summed E-state index contributed by atoms with van der Waals surface area (Å²) < 4.78 is 64.0. The molecule has 0 fully saturated rings. The van der Waals surface area contributed by atoms with Crippen LogP contribution in [-0.4, -0.2) is 23.7 Å². The monoisotopic (exact) mass is 282 g/mol. The van der Waals surface area contributed by atoms with Crippen LogP contribution in [0, 0.1) is 0 Å². The molecule has 1 aliphatic rings. The van der Waals surface area contributed by atoms with Crippen molar-refractivity contribution < 1.29 is 25.8 Å². The Hall–Kier alpha value is -1.51. The van der Waals surface area contributed by atoms with Gasteiger partial charge >= 0.3 is 15.6 Å². The van der Waals surface area contributed by atoms with Crippen molar-refractivity contribution in [3.8, 4) is 0 Å². The summed E-state index contributed by atoms with van der Waals surface area (Å²) in [5.41, 5.74) is -4.64. The second-order valence-corrected chi connectivity index (χ2v) is 5.29. The summed E-state index contributed by atoms with van der Waals surface area (Å²) in [5.74, 6) is -0.318. The number of aromatic nitrogens is 2. The molecule has 0 saturated carbocycles. The van der Waals surface area contributed by atoms with E-state index in [0.717, 1.165) is 0 Å². The lowest BCUT2D eigenvalue weighted by Gasteiger charge is -2.14. The van der Waals surface area contributed by atoms with Gasteiger partial charge in [0.2, 0.25) is 0 Å². The van der Waals surface area contributed by atoms with Crippen LogP contribution in [0.2, 0.25) is 0 Å². The summed E-state index contributed by atoms with van der Waals surface area (Å²) >= 11 is 0. The highest BCUT2D eigenvalue weighted by atomic mass is 32.2. The van der Waals surface area contributed by atoms with Crippen LogP contribution in [0.15, 0.2) is 12.3 Å². The van der Waals surface area contributed by atoms with Gasteiger partial charge in [0.1, 0.15) is 5.76 Å². The van der Waals surface area contributed by atoms with Gasteiger partial charge in [-0.1, -0.05) is 0 Å². The zero-order valence-corrected chi connectivity index (χ0v) is 10.0. The maximum Gasteiger partial charge on any atom is 0.534 e. The van der Waals surface area contributed by atoms with E-state index in [1.54, 1.807) is 7.05 Å². The fourth-order valence-corrected chi connectivity index (χ4v) is 2.11. The van der Waals surface area contributed by atoms with Crippen molar-refractivity contribution in [1.82, 2.24) is 9.78 Å². The Labute approximate surface area is 101 Å². The number of nitrogens with zero attached hydrogens (tertiary/aromatic N) is 2. The van der Waals surface area contributed by atoms with Crippen molar-refractivity contribution >= 4 is 15.9 Å². The fraction of sp³-hybridized carbons (Fsp3) is 0.444. The van der Waals surface area contributed by atoms with Crippen LogP contribution < -0.4 is 0 Å². The standard InChI is InChI=1S/C9H9F3N2O3S/c1-14-5-6-7(13-14)3-2-4-8(6)17-18(15,16)9(10,11)12/h4-5H,2-3H2,1H3. The Morgan fingerprint density at radius 3 is 2.72 bits per heavy atom. The van der Waals surface area contributed by atoms with E-state index in [1.807, 2.05) is 0 Å². The summed E-state index contributed by atoms with van der Waals surface area (Å²) in [7, 11) is -4.04. The number of allylic oxidation sites excluding steroid dienone is 1. The van der Waals surface area contributed by atoms with Crippen molar-refractivity contribution in [3.05, 3.63) is 23.5 Å². The molecule has 5 nitrogen and oxygen atoms in total. The molecule has 0 saturated heterocycles. The molecule has 0 aromatic carbocycles. The number of alkyl halides is 3. The Kier molecular flexibility index (Phi) is 2.88. The molecule has 0 bridgehead atoms. The molecule has 0 radical (unpaired) electrons. The molecule has 0 N–H and O–H groups in total. The fourth-order valence-electron chi connectivity index (χ4n) is 1.62. The van der Waals surface area contributed by atoms with Gasteiger partial charge in [-0.15, -0.1) is 0 Å². The van der Waals surface area contributed by atoms with E-state index in [9.17, 15) is 21.6 Å². The topological polar surface area (TPSA) is 61.2 Å². The molecule has 1 heterocycles. The molecule has 0 unspecified atom stereocenters. The zero-order valence-electron chi connectivity index (χ0n) is 9.23. The van der Waals surface area contributed by atoms with E-state index in [-0.39, 0.29) is 11.3 Å². The van der Waals surface area contributed by atoms with Gasteiger partial charge in [0.05, 0.1) is 11.3 Å². The second kappa shape index (κ2) is 4.01. The maximum atomic E-state index is 12.2. The third-order valence-corrected chi connectivity index (χ3v) is 3.33. The van der Waals surface area contributed by atoms with E-state index in [0.29, 0.717) is 18.5 Å². The first kappa shape index (κ1) is 12.9. The van der Waals surface area contributed by atoms with Gasteiger partial charge in [0.15, 0.2) is 0 Å². The smallest absolute Gasteiger partial charge is 0.376 e. The zero-order chi connectivity index (χ0) is 13.6. The van der Waals surface area contributed by atoms with Crippen LogP contribution in [-0.2, 0) is 27.8 Å². The minimum absolute atomic E-state index is 0.275. The molecule has 1 aromatic rings. The van der Waals surface area contributed by atoms with E-state index in [2.05, 4.69) is 9.28 Å². The molecule has 0 amide bonds. The van der Waals surface area contributed by atoms with Gasteiger partial charge in [0, 0.05) is 13.2 Å². The first-order valence-electron chi connectivity index (χ1n) is 4.94. The summed E-state index contributed by atoms with van der Waals surface area (Å²) in [4.78, 5) is 0. The molecular formula is C9H9F3N2O3S. The second-order valence-electron chi connectivity index (χ2n) is 3.75. The molecule has 9 heteroatoms. The Morgan fingerprint density at radius 1 is 1.44 bits per heavy atom. The number of halogens is 3. The van der Waals surface area contributed by atoms with Crippen LogP contribution >= 0.6 is 0 Å². The van der Waals surface area contributed by atoms with Gasteiger partial charge in [-0.25, -0.2) is 0 Å². The van der Waals surface area contributed by atoms with Crippen LogP contribution in [0.5, 0.6) is 0 Å². The van der Waals surface area contributed by atoms with Crippen LogP contribution in [0.25, 0.3) is 5.76 Å².